The number of hydrogen-bond acceptors (Lipinski definition) is 3. The van der Waals surface area contributed by atoms with Crippen LogP contribution in [0.4, 0.5) is 4.79 Å². The van der Waals surface area contributed by atoms with Crippen molar-refractivity contribution in [2.45, 2.75) is 59.5 Å². The van der Waals surface area contributed by atoms with Crippen molar-refractivity contribution in [1.29, 1.82) is 0 Å². The minimum absolute atomic E-state index is 0.0643. The van der Waals surface area contributed by atoms with Crippen LogP contribution in [0.15, 0.2) is 0 Å². The van der Waals surface area contributed by atoms with Crippen molar-refractivity contribution in [2.24, 2.45) is 0 Å². The van der Waals surface area contributed by atoms with Gasteiger partial charge in [0.05, 0.1) is 0 Å². The van der Waals surface area contributed by atoms with Gasteiger partial charge in [0.1, 0.15) is 5.60 Å². The van der Waals surface area contributed by atoms with Gasteiger partial charge in [0.25, 0.3) is 0 Å². The van der Waals surface area contributed by atoms with Crippen LogP contribution in [0.1, 0.15) is 53.9 Å². The SMILES string of the molecule is CC.CCC(C)(C)OC(=O)N(C)CCCC(=O)O. The first-order valence-corrected chi connectivity index (χ1v) is 6.44. The first-order valence-electron chi connectivity index (χ1n) is 6.44. The molecule has 0 radical (unpaired) electrons. The number of ether oxygens (including phenoxy) is 1. The molecule has 0 aliphatic carbocycles. The van der Waals surface area contributed by atoms with Crippen molar-refractivity contribution in [3.63, 3.8) is 0 Å². The lowest BCUT2D eigenvalue weighted by atomic mass is 10.1. The van der Waals surface area contributed by atoms with Gasteiger partial charge < -0.3 is 14.7 Å². The summed E-state index contributed by atoms with van der Waals surface area (Å²) < 4.78 is 5.25. The van der Waals surface area contributed by atoms with Gasteiger partial charge in [-0.3, -0.25) is 4.79 Å². The highest BCUT2D eigenvalue weighted by molar-refractivity contribution is 5.68. The summed E-state index contributed by atoms with van der Waals surface area (Å²) in [5.41, 5.74) is -0.474. The number of carboxylic acid groups (broad SMARTS) is 1. The first-order chi connectivity index (χ1) is 8.28. The smallest absolute Gasteiger partial charge is 0.410 e. The van der Waals surface area contributed by atoms with Gasteiger partial charge in [0.2, 0.25) is 0 Å². The van der Waals surface area contributed by atoms with Gasteiger partial charge in [0.15, 0.2) is 0 Å². The highest BCUT2D eigenvalue weighted by Gasteiger charge is 2.22. The molecule has 0 unspecified atom stereocenters. The molecule has 5 heteroatoms. The van der Waals surface area contributed by atoms with E-state index in [1.165, 1.54) is 4.90 Å². The lowest BCUT2D eigenvalue weighted by molar-refractivity contribution is -0.137. The topological polar surface area (TPSA) is 66.8 Å². The molecule has 0 atom stereocenters. The quantitative estimate of drug-likeness (QED) is 0.797. The predicted molar refractivity (Wildman–Crippen MR) is 71.7 cm³/mol. The van der Waals surface area contributed by atoms with E-state index < -0.39 is 17.7 Å². The molecule has 0 spiro atoms. The molecule has 18 heavy (non-hydrogen) atoms. The summed E-state index contributed by atoms with van der Waals surface area (Å²) in [5, 5.41) is 8.45. The summed E-state index contributed by atoms with van der Waals surface area (Å²) in [7, 11) is 1.61. The van der Waals surface area contributed by atoms with Gasteiger partial charge in [-0.2, -0.15) is 0 Å². The Kier molecular flexibility index (Phi) is 10.3. The van der Waals surface area contributed by atoms with Crippen LogP contribution in [0.25, 0.3) is 0 Å². The van der Waals surface area contributed by atoms with Gasteiger partial charge in [-0.25, -0.2) is 4.79 Å². The van der Waals surface area contributed by atoms with Gasteiger partial charge in [-0.15, -0.1) is 0 Å². The molecular formula is C13H27NO4. The first kappa shape index (κ1) is 19.1. The van der Waals surface area contributed by atoms with E-state index in [2.05, 4.69) is 0 Å². The van der Waals surface area contributed by atoms with Crippen LogP contribution < -0.4 is 0 Å². The van der Waals surface area contributed by atoms with Gasteiger partial charge in [-0.05, 0) is 26.7 Å². The van der Waals surface area contributed by atoms with Crippen LogP contribution in [-0.2, 0) is 9.53 Å². The van der Waals surface area contributed by atoms with Crippen LogP contribution in [0.5, 0.6) is 0 Å². The van der Waals surface area contributed by atoms with Crippen molar-refractivity contribution in [1.82, 2.24) is 4.90 Å². The van der Waals surface area contributed by atoms with Crippen molar-refractivity contribution in [2.75, 3.05) is 13.6 Å². The summed E-state index contributed by atoms with van der Waals surface area (Å²) in [5.74, 6) is -0.851. The molecule has 0 rings (SSSR count). The fourth-order valence-corrected chi connectivity index (χ4v) is 0.945. The second kappa shape index (κ2) is 9.74. The van der Waals surface area contributed by atoms with Crippen molar-refractivity contribution < 1.29 is 19.4 Å². The number of rotatable bonds is 6. The molecule has 0 saturated heterocycles. The number of carbonyl (C=O) groups excluding carboxylic acids is 1. The Balaban J connectivity index is 0. The molecule has 0 aliphatic heterocycles. The van der Waals surface area contributed by atoms with E-state index in [9.17, 15) is 9.59 Å². The third-order valence-corrected chi connectivity index (χ3v) is 2.41. The van der Waals surface area contributed by atoms with Crippen molar-refractivity contribution in [3.8, 4) is 0 Å². The standard InChI is InChI=1S/C11H21NO4.C2H6/c1-5-11(2,3)16-10(15)12(4)8-6-7-9(13)14;1-2/h5-8H2,1-4H3,(H,13,14);1-2H3. The number of amides is 1. The lowest BCUT2D eigenvalue weighted by Gasteiger charge is -2.26. The fraction of sp³-hybridized carbons (Fsp3) is 0.846. The Morgan fingerprint density at radius 2 is 1.78 bits per heavy atom. The summed E-state index contributed by atoms with van der Waals surface area (Å²) in [6.45, 7) is 10.0. The average molecular weight is 261 g/mol. The molecule has 1 amide bonds. The maximum absolute atomic E-state index is 11.5. The number of aliphatic carboxylic acids is 1. The third kappa shape index (κ3) is 9.93. The van der Waals surface area contributed by atoms with E-state index >= 15 is 0 Å². The van der Waals surface area contributed by atoms with Gasteiger partial charge in [0, 0.05) is 20.0 Å². The Morgan fingerprint density at radius 1 is 1.28 bits per heavy atom. The minimum Gasteiger partial charge on any atom is -0.481 e. The van der Waals surface area contributed by atoms with Crippen LogP contribution in [0.2, 0.25) is 0 Å². The van der Waals surface area contributed by atoms with Gasteiger partial charge in [-0.1, -0.05) is 20.8 Å². The van der Waals surface area contributed by atoms with E-state index in [1.807, 2.05) is 34.6 Å². The van der Waals surface area contributed by atoms with E-state index in [0.717, 1.165) is 6.42 Å². The zero-order valence-corrected chi connectivity index (χ0v) is 12.4. The van der Waals surface area contributed by atoms with Gasteiger partial charge >= 0.3 is 12.1 Å². The summed E-state index contributed by atoms with van der Waals surface area (Å²) in [4.78, 5) is 23.2. The average Bonchev–Trinajstić information content (AvgIpc) is 2.30. The molecule has 0 aromatic heterocycles. The summed E-state index contributed by atoms with van der Waals surface area (Å²) in [6, 6.07) is 0. The maximum Gasteiger partial charge on any atom is 0.410 e. The van der Waals surface area contributed by atoms with Crippen LogP contribution in [-0.4, -0.2) is 41.3 Å². The van der Waals surface area contributed by atoms with E-state index in [1.54, 1.807) is 7.05 Å². The van der Waals surface area contributed by atoms with Crippen LogP contribution in [0, 0.1) is 0 Å². The molecule has 0 heterocycles. The zero-order chi connectivity index (χ0) is 14.8. The number of nitrogens with zero attached hydrogens (tertiary/aromatic N) is 1. The largest absolute Gasteiger partial charge is 0.481 e. The highest BCUT2D eigenvalue weighted by atomic mass is 16.6. The fourth-order valence-electron chi connectivity index (χ4n) is 0.945. The summed E-state index contributed by atoms with van der Waals surface area (Å²) in [6.07, 6.45) is 0.835. The Labute approximate surface area is 110 Å². The Morgan fingerprint density at radius 3 is 2.17 bits per heavy atom. The lowest BCUT2D eigenvalue weighted by Crippen LogP contribution is -2.36. The van der Waals surface area contributed by atoms with Crippen LogP contribution in [0.3, 0.4) is 0 Å². The number of carbonyl (C=O) groups is 2. The highest BCUT2D eigenvalue weighted by Crippen LogP contribution is 2.15. The predicted octanol–water partition coefficient (Wildman–Crippen LogP) is 3.13. The van der Waals surface area contributed by atoms with Crippen molar-refractivity contribution in [3.05, 3.63) is 0 Å². The molecule has 0 bridgehead atoms. The molecule has 0 aliphatic rings. The molecule has 5 nitrogen and oxygen atoms in total. The molecule has 0 saturated carbocycles. The second-order valence-electron chi connectivity index (χ2n) is 4.40. The van der Waals surface area contributed by atoms with E-state index in [-0.39, 0.29) is 6.42 Å². The molecule has 108 valence electrons. The maximum atomic E-state index is 11.5. The minimum atomic E-state index is -0.851. The zero-order valence-electron chi connectivity index (χ0n) is 12.4. The normalized spacial score (nSPS) is 10.1. The number of carboxylic acids is 1. The monoisotopic (exact) mass is 261 g/mol. The molecule has 0 fully saturated rings. The molecular weight excluding hydrogens is 234 g/mol. The Hall–Kier alpha value is -1.26. The Bertz CT molecular complexity index is 251. The third-order valence-electron chi connectivity index (χ3n) is 2.41. The van der Waals surface area contributed by atoms with Crippen molar-refractivity contribution >= 4 is 12.1 Å². The van der Waals surface area contributed by atoms with E-state index in [4.69, 9.17) is 9.84 Å². The molecule has 1 N–H and O–H groups in total. The summed E-state index contributed by atoms with van der Waals surface area (Å²) >= 11 is 0. The van der Waals surface area contributed by atoms with E-state index in [0.29, 0.717) is 13.0 Å². The second-order valence-corrected chi connectivity index (χ2v) is 4.40. The number of hydrogen-bond donors (Lipinski definition) is 1. The van der Waals surface area contributed by atoms with Crippen LogP contribution >= 0.6 is 0 Å². The molecule has 0 aromatic rings. The molecule has 0 aromatic carbocycles.